The first kappa shape index (κ1) is 17.6. The summed E-state index contributed by atoms with van der Waals surface area (Å²) in [5, 5.41) is 10.5. The van der Waals surface area contributed by atoms with Crippen LogP contribution in [0.25, 0.3) is 0 Å². The maximum atomic E-state index is 13.3. The Balaban J connectivity index is 1.48. The molecule has 1 heterocycles. The number of carbonyl (C=O) groups is 1. The smallest absolute Gasteiger partial charge is 0.253 e. The van der Waals surface area contributed by atoms with Crippen molar-refractivity contribution in [3.8, 4) is 0 Å². The third-order valence-corrected chi connectivity index (χ3v) is 5.01. The zero-order chi connectivity index (χ0) is 17.6. The number of halogens is 1. The van der Waals surface area contributed by atoms with Crippen molar-refractivity contribution in [1.82, 2.24) is 4.90 Å². The first-order valence-corrected chi connectivity index (χ1v) is 8.90. The summed E-state index contributed by atoms with van der Waals surface area (Å²) in [5.74, 6) is -0.297. The number of nitrogens with zero attached hydrogens (tertiary/aromatic N) is 1. The van der Waals surface area contributed by atoms with Crippen molar-refractivity contribution in [3.05, 3.63) is 71.5 Å². The molecule has 1 atom stereocenters. The van der Waals surface area contributed by atoms with E-state index in [-0.39, 0.29) is 17.9 Å². The number of likely N-dealkylation sites (tertiary alicyclic amines) is 1. The molecule has 0 saturated carbocycles. The average Bonchev–Trinajstić information content (AvgIpc) is 2.66. The molecule has 1 N–H and O–H groups in total. The van der Waals surface area contributed by atoms with Crippen LogP contribution in [0.1, 0.15) is 35.2 Å². The summed E-state index contributed by atoms with van der Waals surface area (Å²) < 4.78 is 13.3. The molecule has 3 rings (SSSR count). The second-order valence-corrected chi connectivity index (χ2v) is 6.73. The van der Waals surface area contributed by atoms with Gasteiger partial charge in [0.25, 0.3) is 5.91 Å². The Labute approximate surface area is 148 Å². The van der Waals surface area contributed by atoms with E-state index in [4.69, 9.17) is 0 Å². The predicted molar refractivity (Wildman–Crippen MR) is 95.8 cm³/mol. The summed E-state index contributed by atoms with van der Waals surface area (Å²) in [7, 11) is 0. The fourth-order valence-corrected chi connectivity index (χ4v) is 3.49. The van der Waals surface area contributed by atoms with Gasteiger partial charge in [-0.1, -0.05) is 36.4 Å². The first-order chi connectivity index (χ1) is 12.1. The van der Waals surface area contributed by atoms with Crippen LogP contribution in [0.15, 0.2) is 54.6 Å². The van der Waals surface area contributed by atoms with E-state index in [1.165, 1.54) is 17.7 Å². The van der Waals surface area contributed by atoms with Gasteiger partial charge in [-0.25, -0.2) is 4.39 Å². The normalized spacial score (nSPS) is 16.6. The van der Waals surface area contributed by atoms with Crippen molar-refractivity contribution in [2.45, 2.75) is 31.8 Å². The topological polar surface area (TPSA) is 40.5 Å². The van der Waals surface area contributed by atoms with Gasteiger partial charge in [-0.2, -0.15) is 0 Å². The maximum Gasteiger partial charge on any atom is 0.253 e. The van der Waals surface area contributed by atoms with Crippen LogP contribution in [-0.4, -0.2) is 35.1 Å². The maximum absolute atomic E-state index is 13.3. The zero-order valence-electron chi connectivity index (χ0n) is 14.3. The Bertz CT molecular complexity index is 696. The number of carbonyl (C=O) groups excluding carboxylic acids is 1. The van der Waals surface area contributed by atoms with E-state index >= 15 is 0 Å². The number of aryl methyl sites for hydroxylation is 1. The second kappa shape index (κ2) is 8.26. The molecular weight excluding hydrogens is 317 g/mol. The van der Waals surface area contributed by atoms with Crippen LogP contribution in [0, 0.1) is 11.7 Å². The van der Waals surface area contributed by atoms with Crippen molar-refractivity contribution < 1.29 is 14.3 Å². The number of piperidine rings is 1. The molecule has 1 amide bonds. The summed E-state index contributed by atoms with van der Waals surface area (Å²) in [6.07, 6.45) is 2.84. The van der Waals surface area contributed by atoms with E-state index < -0.39 is 5.82 Å². The minimum atomic E-state index is -0.392. The van der Waals surface area contributed by atoms with Crippen molar-refractivity contribution >= 4 is 5.91 Å². The highest BCUT2D eigenvalue weighted by molar-refractivity contribution is 5.94. The molecule has 1 aliphatic heterocycles. The van der Waals surface area contributed by atoms with Gasteiger partial charge in [-0.15, -0.1) is 0 Å². The largest absolute Gasteiger partial charge is 0.393 e. The number of rotatable bonds is 5. The van der Waals surface area contributed by atoms with Gasteiger partial charge in [0.05, 0.1) is 6.10 Å². The summed E-state index contributed by atoms with van der Waals surface area (Å²) in [6.45, 7) is 1.23. The number of amides is 1. The highest BCUT2D eigenvalue weighted by atomic mass is 19.1. The lowest BCUT2D eigenvalue weighted by Gasteiger charge is -2.34. The van der Waals surface area contributed by atoms with Gasteiger partial charge in [0.2, 0.25) is 0 Å². The van der Waals surface area contributed by atoms with E-state index in [0.29, 0.717) is 18.7 Å². The molecule has 3 nitrogen and oxygen atoms in total. The SMILES string of the molecule is O=C(c1cccc(F)c1)N1CCC([C@H](O)CCc2ccccc2)CC1. The quantitative estimate of drug-likeness (QED) is 0.901. The predicted octanol–water partition coefficient (Wildman–Crippen LogP) is 3.67. The fraction of sp³-hybridized carbons (Fsp3) is 0.381. The van der Waals surface area contributed by atoms with Crippen molar-refractivity contribution in [2.24, 2.45) is 5.92 Å². The molecule has 0 aliphatic carbocycles. The van der Waals surface area contributed by atoms with E-state index in [0.717, 1.165) is 25.7 Å². The average molecular weight is 341 g/mol. The molecule has 2 aromatic carbocycles. The lowest BCUT2D eigenvalue weighted by atomic mass is 9.88. The van der Waals surface area contributed by atoms with E-state index in [2.05, 4.69) is 12.1 Å². The van der Waals surface area contributed by atoms with Gasteiger partial charge in [0.15, 0.2) is 0 Å². The van der Waals surface area contributed by atoms with Crippen molar-refractivity contribution in [2.75, 3.05) is 13.1 Å². The molecule has 0 bridgehead atoms. The first-order valence-electron chi connectivity index (χ1n) is 8.90. The molecule has 25 heavy (non-hydrogen) atoms. The summed E-state index contributed by atoms with van der Waals surface area (Å²) >= 11 is 0. The van der Waals surface area contributed by atoms with Gasteiger partial charge in [0.1, 0.15) is 5.82 Å². The molecule has 1 aliphatic rings. The fourth-order valence-electron chi connectivity index (χ4n) is 3.49. The number of hydrogen-bond donors (Lipinski definition) is 1. The van der Waals surface area contributed by atoms with E-state index in [9.17, 15) is 14.3 Å². The van der Waals surface area contributed by atoms with Gasteiger partial charge in [-0.3, -0.25) is 4.79 Å². The summed E-state index contributed by atoms with van der Waals surface area (Å²) in [4.78, 5) is 14.2. The lowest BCUT2D eigenvalue weighted by Crippen LogP contribution is -2.41. The molecule has 0 spiro atoms. The monoisotopic (exact) mass is 341 g/mol. The molecule has 1 saturated heterocycles. The Hall–Kier alpha value is -2.20. The van der Waals surface area contributed by atoms with Crippen LogP contribution in [0.2, 0.25) is 0 Å². The highest BCUT2D eigenvalue weighted by Crippen LogP contribution is 2.24. The Morgan fingerprint density at radius 1 is 1.12 bits per heavy atom. The Morgan fingerprint density at radius 3 is 2.52 bits per heavy atom. The standard InChI is InChI=1S/C21H24FNO2/c22-19-8-4-7-18(15-19)21(25)23-13-11-17(12-14-23)20(24)10-9-16-5-2-1-3-6-16/h1-8,15,17,20,24H,9-14H2/t20-/m1/s1. The number of hydrogen-bond acceptors (Lipinski definition) is 2. The second-order valence-electron chi connectivity index (χ2n) is 6.73. The third-order valence-electron chi connectivity index (χ3n) is 5.01. The molecule has 0 aromatic heterocycles. The van der Waals surface area contributed by atoms with Crippen LogP contribution in [-0.2, 0) is 6.42 Å². The molecular formula is C21H24FNO2. The van der Waals surface area contributed by atoms with Gasteiger partial charge >= 0.3 is 0 Å². The minimum absolute atomic E-state index is 0.128. The van der Waals surface area contributed by atoms with Gasteiger partial charge < -0.3 is 10.0 Å². The summed E-state index contributed by atoms with van der Waals surface area (Å²) in [6, 6.07) is 16.0. The van der Waals surface area contributed by atoms with Gasteiger partial charge in [-0.05, 0) is 55.4 Å². The minimum Gasteiger partial charge on any atom is -0.393 e. The molecule has 0 radical (unpaired) electrons. The molecule has 2 aromatic rings. The number of aliphatic hydroxyl groups excluding tert-OH is 1. The molecule has 132 valence electrons. The van der Waals surface area contributed by atoms with Crippen molar-refractivity contribution in [3.63, 3.8) is 0 Å². The van der Waals surface area contributed by atoms with Crippen LogP contribution < -0.4 is 0 Å². The third kappa shape index (κ3) is 4.67. The van der Waals surface area contributed by atoms with Crippen LogP contribution in [0.5, 0.6) is 0 Å². The molecule has 0 unspecified atom stereocenters. The van der Waals surface area contributed by atoms with Crippen LogP contribution in [0.3, 0.4) is 0 Å². The number of benzene rings is 2. The number of aliphatic hydroxyl groups is 1. The van der Waals surface area contributed by atoms with Gasteiger partial charge in [0, 0.05) is 18.7 Å². The molecule has 4 heteroatoms. The van der Waals surface area contributed by atoms with E-state index in [1.807, 2.05) is 18.2 Å². The Morgan fingerprint density at radius 2 is 1.84 bits per heavy atom. The van der Waals surface area contributed by atoms with E-state index in [1.54, 1.807) is 17.0 Å². The zero-order valence-corrected chi connectivity index (χ0v) is 14.3. The van der Waals surface area contributed by atoms with Crippen LogP contribution in [0.4, 0.5) is 4.39 Å². The van der Waals surface area contributed by atoms with Crippen molar-refractivity contribution in [1.29, 1.82) is 0 Å². The lowest BCUT2D eigenvalue weighted by molar-refractivity contribution is 0.0436. The van der Waals surface area contributed by atoms with Crippen LogP contribution >= 0.6 is 0 Å². The highest BCUT2D eigenvalue weighted by Gasteiger charge is 2.27. The Kier molecular flexibility index (Phi) is 5.82. The molecule has 1 fully saturated rings. The summed E-state index contributed by atoms with van der Waals surface area (Å²) in [5.41, 5.74) is 1.63.